The number of nitrogens with one attached hydrogen (secondary N) is 1. The Balaban J connectivity index is 0.00000250. The van der Waals surface area contributed by atoms with Crippen LogP contribution in [0.5, 0.6) is 0 Å². The second kappa shape index (κ2) is 15.5. The molecule has 1 atom stereocenters. The molecule has 2 aromatic carbocycles. The molecule has 0 spiro atoms. The Labute approximate surface area is 311 Å². The van der Waals surface area contributed by atoms with Gasteiger partial charge in [-0.2, -0.15) is 10.1 Å². The van der Waals surface area contributed by atoms with Crippen LogP contribution in [0.3, 0.4) is 0 Å². The summed E-state index contributed by atoms with van der Waals surface area (Å²) in [5.41, 5.74) is 5.28. The first kappa shape index (κ1) is 34.6. The van der Waals surface area contributed by atoms with Gasteiger partial charge in [-0.3, -0.25) is 18.9 Å². The van der Waals surface area contributed by atoms with E-state index in [1.165, 1.54) is 0 Å². The van der Waals surface area contributed by atoms with Gasteiger partial charge in [0.1, 0.15) is 5.82 Å². The van der Waals surface area contributed by atoms with E-state index in [1.54, 1.807) is 0 Å². The van der Waals surface area contributed by atoms with Crippen molar-refractivity contribution in [2.24, 2.45) is 0 Å². The largest absolute Gasteiger partial charge is 1.00 e. The maximum absolute atomic E-state index is 14.4. The quantitative estimate of drug-likeness (QED) is 0.207. The standard InChI is InChI=1S/C34H40N6O5.K.H/c1-4-8-30-29(19-22-11-13-23(14-12-22)27-9-6-7-10-28(27)31-36-34(43)45-38-31)32(42)39(33-35-21(3)37-40(30)33)24-15-17-26(18-16-24)44-20-25(41)5-2;;/h6-7,9-14,24-26,41H,4-5,8,15-20H2,1-3H3,(H,36,38,43);;/q;+1;-1. The number of hydrogen-bond donors (Lipinski definition) is 2. The first-order valence-corrected chi connectivity index (χ1v) is 15.9. The molecule has 46 heavy (non-hydrogen) atoms. The Morgan fingerprint density at radius 3 is 2.43 bits per heavy atom. The maximum Gasteiger partial charge on any atom is 1.00 e. The molecule has 238 valence electrons. The second-order valence-electron chi connectivity index (χ2n) is 11.9. The summed E-state index contributed by atoms with van der Waals surface area (Å²) in [7, 11) is 0. The molecular formula is C34H41KN6O5. The molecule has 1 saturated carbocycles. The van der Waals surface area contributed by atoms with Crippen LogP contribution >= 0.6 is 0 Å². The third kappa shape index (κ3) is 7.38. The third-order valence-electron chi connectivity index (χ3n) is 8.75. The van der Waals surface area contributed by atoms with Crippen LogP contribution in [0, 0.1) is 6.92 Å². The minimum absolute atomic E-state index is 0. The molecule has 12 heteroatoms. The zero-order valence-corrected chi connectivity index (χ0v) is 30.2. The van der Waals surface area contributed by atoms with Crippen LogP contribution < -0.4 is 62.7 Å². The number of aromatic amines is 1. The minimum Gasteiger partial charge on any atom is -1.00 e. The molecule has 1 aliphatic carbocycles. The predicted molar refractivity (Wildman–Crippen MR) is 171 cm³/mol. The number of aromatic nitrogens is 6. The number of aliphatic hydroxyl groups excluding tert-OH is 1. The normalized spacial score (nSPS) is 17.2. The molecule has 0 bridgehead atoms. The van der Waals surface area contributed by atoms with E-state index in [4.69, 9.17) is 19.3 Å². The molecule has 1 fully saturated rings. The van der Waals surface area contributed by atoms with Crippen LogP contribution in [0.25, 0.3) is 28.3 Å². The molecule has 5 aromatic rings. The Hall–Kier alpha value is -2.71. The van der Waals surface area contributed by atoms with Gasteiger partial charge in [0.15, 0.2) is 5.82 Å². The monoisotopic (exact) mass is 652 g/mol. The molecule has 1 unspecified atom stereocenters. The van der Waals surface area contributed by atoms with Gasteiger partial charge in [-0.15, -0.1) is 0 Å². The van der Waals surface area contributed by atoms with Gasteiger partial charge in [0, 0.05) is 23.6 Å². The summed E-state index contributed by atoms with van der Waals surface area (Å²) in [5.74, 6) is 1.02. The molecule has 0 aliphatic heterocycles. The fraction of sp³-hybridized carbons (Fsp3) is 0.441. The van der Waals surface area contributed by atoms with Crippen molar-refractivity contribution in [1.29, 1.82) is 0 Å². The van der Waals surface area contributed by atoms with E-state index >= 15 is 0 Å². The Morgan fingerprint density at radius 2 is 1.78 bits per heavy atom. The van der Waals surface area contributed by atoms with Gasteiger partial charge in [0.25, 0.3) is 5.56 Å². The van der Waals surface area contributed by atoms with Crippen LogP contribution in [-0.4, -0.2) is 53.2 Å². The minimum atomic E-state index is -0.601. The number of ether oxygens (including phenoxy) is 1. The van der Waals surface area contributed by atoms with Gasteiger partial charge < -0.3 is 11.3 Å². The summed E-state index contributed by atoms with van der Waals surface area (Å²) in [6, 6.07) is 15.8. The zero-order valence-electron chi connectivity index (χ0n) is 28.0. The fourth-order valence-corrected chi connectivity index (χ4v) is 6.36. The number of benzene rings is 2. The molecule has 1 aliphatic rings. The SMILES string of the molecule is CCCc1c(Cc2ccc(-c3ccccc3-c3noc(=O)[nH]3)cc2)c(=O)n(C2CCC(OCC(O)CC)CC2)c2nc(C)nn12.[H-].[K+]. The molecule has 2 N–H and O–H groups in total. The van der Waals surface area contributed by atoms with Crippen molar-refractivity contribution in [3.8, 4) is 22.5 Å². The van der Waals surface area contributed by atoms with Gasteiger partial charge in [0.2, 0.25) is 5.78 Å². The van der Waals surface area contributed by atoms with Crippen molar-refractivity contribution in [1.82, 2.24) is 29.3 Å². The van der Waals surface area contributed by atoms with Crippen LogP contribution in [0.15, 0.2) is 62.6 Å². The van der Waals surface area contributed by atoms with Crippen molar-refractivity contribution in [2.45, 2.75) is 90.4 Å². The van der Waals surface area contributed by atoms with E-state index in [0.717, 1.165) is 65.6 Å². The number of nitrogens with zero attached hydrogens (tertiary/aromatic N) is 5. The average Bonchev–Trinajstić information content (AvgIpc) is 3.67. The summed E-state index contributed by atoms with van der Waals surface area (Å²) in [5, 5.41) is 18.5. The fourth-order valence-electron chi connectivity index (χ4n) is 6.36. The summed E-state index contributed by atoms with van der Waals surface area (Å²) in [6.07, 6.45) is 5.60. The van der Waals surface area contributed by atoms with Crippen molar-refractivity contribution in [3.63, 3.8) is 0 Å². The molecule has 6 rings (SSSR count). The van der Waals surface area contributed by atoms with Crippen LogP contribution in [0.4, 0.5) is 0 Å². The van der Waals surface area contributed by atoms with E-state index < -0.39 is 11.9 Å². The van der Waals surface area contributed by atoms with Gasteiger partial charge in [-0.05, 0) is 62.1 Å². The molecule has 3 heterocycles. The van der Waals surface area contributed by atoms with E-state index in [-0.39, 0.29) is 70.5 Å². The molecule has 3 aromatic heterocycles. The Morgan fingerprint density at radius 1 is 1.07 bits per heavy atom. The summed E-state index contributed by atoms with van der Waals surface area (Å²) >= 11 is 0. The Kier molecular flexibility index (Phi) is 11.6. The smallest absolute Gasteiger partial charge is 1.00 e. The van der Waals surface area contributed by atoms with E-state index in [2.05, 4.69) is 17.1 Å². The number of H-pyrrole nitrogens is 1. The molecular weight excluding hydrogens is 612 g/mol. The summed E-state index contributed by atoms with van der Waals surface area (Å²) < 4.78 is 14.5. The van der Waals surface area contributed by atoms with Crippen molar-refractivity contribution in [2.75, 3.05) is 6.61 Å². The van der Waals surface area contributed by atoms with Gasteiger partial charge >= 0.3 is 57.1 Å². The molecule has 11 nitrogen and oxygen atoms in total. The zero-order chi connectivity index (χ0) is 31.5. The number of rotatable bonds is 11. The summed E-state index contributed by atoms with van der Waals surface area (Å²) in [6.45, 7) is 6.27. The van der Waals surface area contributed by atoms with Crippen LogP contribution in [0.2, 0.25) is 0 Å². The van der Waals surface area contributed by atoms with Crippen LogP contribution in [-0.2, 0) is 17.6 Å². The first-order chi connectivity index (χ1) is 21.9. The second-order valence-corrected chi connectivity index (χ2v) is 11.9. The van der Waals surface area contributed by atoms with E-state index in [1.807, 2.05) is 71.5 Å². The van der Waals surface area contributed by atoms with Crippen LogP contribution in [0.1, 0.15) is 82.5 Å². The van der Waals surface area contributed by atoms with Gasteiger partial charge in [-0.25, -0.2) is 9.31 Å². The van der Waals surface area contributed by atoms with Crippen molar-refractivity contribution in [3.05, 3.63) is 92.1 Å². The van der Waals surface area contributed by atoms with Crippen molar-refractivity contribution < 1.29 is 67.2 Å². The number of aryl methyl sites for hydroxylation is 2. The average molecular weight is 653 g/mol. The molecule has 0 saturated heterocycles. The number of hydrogen-bond acceptors (Lipinski definition) is 8. The number of aliphatic hydroxyl groups is 1. The van der Waals surface area contributed by atoms with Crippen molar-refractivity contribution >= 4 is 5.78 Å². The van der Waals surface area contributed by atoms with Gasteiger partial charge in [0.05, 0.1) is 24.5 Å². The predicted octanol–water partition coefficient (Wildman–Crippen LogP) is 2.14. The molecule has 0 amide bonds. The third-order valence-corrected chi connectivity index (χ3v) is 8.75. The number of fused-ring (bicyclic) bond motifs is 1. The Bertz CT molecular complexity index is 1890. The summed E-state index contributed by atoms with van der Waals surface area (Å²) in [4.78, 5) is 33.3. The molecule has 0 radical (unpaired) electrons. The topological polar surface area (TPSA) is 141 Å². The van der Waals surface area contributed by atoms with E-state index in [0.29, 0.717) is 43.3 Å². The maximum atomic E-state index is 14.4. The van der Waals surface area contributed by atoms with Gasteiger partial charge in [-0.1, -0.05) is 74.0 Å². The van der Waals surface area contributed by atoms with E-state index in [9.17, 15) is 14.7 Å². The first-order valence-electron chi connectivity index (χ1n) is 15.9.